The highest BCUT2D eigenvalue weighted by Crippen LogP contribution is 2.39. The molecule has 6 heteroatoms. The SMILES string of the molecule is O=c1cccc2n1C[C@H]1C[C@@H]2CN(c2c(F)cncc2Cl)C1. The van der Waals surface area contributed by atoms with Crippen molar-refractivity contribution in [2.75, 3.05) is 18.0 Å². The van der Waals surface area contributed by atoms with E-state index in [2.05, 4.69) is 4.98 Å². The molecule has 0 radical (unpaired) electrons. The molecule has 1 saturated heterocycles. The molecule has 0 saturated carbocycles. The van der Waals surface area contributed by atoms with Crippen molar-refractivity contribution in [1.82, 2.24) is 9.55 Å². The fourth-order valence-corrected chi connectivity index (χ4v) is 4.05. The molecule has 2 atom stereocenters. The van der Waals surface area contributed by atoms with Crippen LogP contribution in [0.15, 0.2) is 35.4 Å². The first kappa shape index (κ1) is 13.8. The molecule has 2 aromatic heterocycles. The van der Waals surface area contributed by atoms with Crippen LogP contribution in [0.2, 0.25) is 5.02 Å². The van der Waals surface area contributed by atoms with Crippen LogP contribution >= 0.6 is 11.6 Å². The number of rotatable bonds is 1. The molecule has 0 unspecified atom stereocenters. The van der Waals surface area contributed by atoms with Gasteiger partial charge in [-0.3, -0.25) is 9.78 Å². The zero-order valence-corrected chi connectivity index (χ0v) is 12.6. The zero-order chi connectivity index (χ0) is 15.3. The minimum Gasteiger partial charge on any atom is -0.367 e. The lowest BCUT2D eigenvalue weighted by atomic mass is 9.83. The van der Waals surface area contributed by atoms with E-state index >= 15 is 0 Å². The lowest BCUT2D eigenvalue weighted by molar-refractivity contribution is 0.280. The van der Waals surface area contributed by atoms with Gasteiger partial charge in [0.15, 0.2) is 5.82 Å². The smallest absolute Gasteiger partial charge is 0.250 e. The predicted molar refractivity (Wildman–Crippen MR) is 83.0 cm³/mol. The maximum Gasteiger partial charge on any atom is 0.250 e. The summed E-state index contributed by atoms with van der Waals surface area (Å²) < 4.78 is 16.0. The van der Waals surface area contributed by atoms with Gasteiger partial charge in [0, 0.05) is 43.5 Å². The molecule has 0 N–H and O–H groups in total. The van der Waals surface area contributed by atoms with Gasteiger partial charge in [0.25, 0.3) is 5.56 Å². The van der Waals surface area contributed by atoms with Crippen molar-refractivity contribution in [3.05, 3.63) is 57.5 Å². The molecule has 4 nitrogen and oxygen atoms in total. The van der Waals surface area contributed by atoms with Crippen molar-refractivity contribution >= 4 is 17.3 Å². The highest BCUT2D eigenvalue weighted by Gasteiger charge is 2.35. The maximum absolute atomic E-state index is 14.1. The van der Waals surface area contributed by atoms with E-state index in [1.165, 1.54) is 12.4 Å². The summed E-state index contributed by atoms with van der Waals surface area (Å²) in [5.41, 5.74) is 1.52. The van der Waals surface area contributed by atoms with Crippen LogP contribution < -0.4 is 10.5 Å². The van der Waals surface area contributed by atoms with Gasteiger partial charge >= 0.3 is 0 Å². The van der Waals surface area contributed by atoms with E-state index in [0.29, 0.717) is 36.3 Å². The molecule has 2 bridgehead atoms. The van der Waals surface area contributed by atoms with Crippen LogP contribution in [0.4, 0.5) is 10.1 Å². The first-order chi connectivity index (χ1) is 10.6. The van der Waals surface area contributed by atoms with E-state index < -0.39 is 5.82 Å². The second-order valence-electron chi connectivity index (χ2n) is 6.05. The summed E-state index contributed by atoms with van der Waals surface area (Å²) in [6.07, 6.45) is 3.71. The van der Waals surface area contributed by atoms with Crippen LogP contribution in [0.25, 0.3) is 0 Å². The molecule has 0 aromatic carbocycles. The molecule has 1 fully saturated rings. The third-order valence-corrected chi connectivity index (χ3v) is 4.90. The second kappa shape index (κ2) is 5.09. The van der Waals surface area contributed by atoms with Crippen molar-refractivity contribution in [1.29, 1.82) is 0 Å². The Morgan fingerprint density at radius 2 is 2.09 bits per heavy atom. The number of fused-ring (bicyclic) bond motifs is 4. The third-order valence-electron chi connectivity index (χ3n) is 4.62. The van der Waals surface area contributed by atoms with E-state index in [1.807, 2.05) is 15.5 Å². The summed E-state index contributed by atoms with van der Waals surface area (Å²) in [6.45, 7) is 2.06. The molecule has 2 aliphatic heterocycles. The summed E-state index contributed by atoms with van der Waals surface area (Å²) in [4.78, 5) is 17.8. The fraction of sp³-hybridized carbons (Fsp3) is 0.375. The zero-order valence-electron chi connectivity index (χ0n) is 11.9. The van der Waals surface area contributed by atoms with Crippen molar-refractivity contribution in [2.45, 2.75) is 18.9 Å². The first-order valence-electron chi connectivity index (χ1n) is 7.37. The molecule has 4 heterocycles. The van der Waals surface area contributed by atoms with Crippen molar-refractivity contribution in [2.24, 2.45) is 5.92 Å². The Labute approximate surface area is 132 Å². The predicted octanol–water partition coefficient (Wildman–Crippen LogP) is 2.66. The summed E-state index contributed by atoms with van der Waals surface area (Å²) in [5.74, 6) is 0.165. The Morgan fingerprint density at radius 3 is 2.91 bits per heavy atom. The van der Waals surface area contributed by atoms with Crippen molar-refractivity contribution < 1.29 is 4.39 Å². The Hall–Kier alpha value is -1.88. The quantitative estimate of drug-likeness (QED) is 0.811. The van der Waals surface area contributed by atoms with Crippen LogP contribution in [-0.2, 0) is 6.54 Å². The lowest BCUT2D eigenvalue weighted by Crippen LogP contribution is -2.47. The number of piperidine rings is 1. The molecule has 0 aliphatic carbocycles. The molecule has 22 heavy (non-hydrogen) atoms. The first-order valence-corrected chi connectivity index (χ1v) is 7.75. The van der Waals surface area contributed by atoms with E-state index in [9.17, 15) is 9.18 Å². The van der Waals surface area contributed by atoms with E-state index in [1.54, 1.807) is 12.1 Å². The molecule has 4 rings (SSSR count). The molecular formula is C16H15ClFN3O. The number of halogens is 2. The summed E-state index contributed by atoms with van der Waals surface area (Å²) in [6, 6.07) is 5.39. The monoisotopic (exact) mass is 319 g/mol. The normalized spacial score (nSPS) is 23.3. The minimum absolute atomic E-state index is 0.0498. The number of aromatic nitrogens is 2. The summed E-state index contributed by atoms with van der Waals surface area (Å²) >= 11 is 6.15. The number of nitrogens with zero attached hydrogens (tertiary/aromatic N) is 3. The number of hydrogen-bond acceptors (Lipinski definition) is 3. The average molecular weight is 320 g/mol. The van der Waals surface area contributed by atoms with Gasteiger partial charge in [-0.25, -0.2) is 4.39 Å². The van der Waals surface area contributed by atoms with Gasteiger partial charge in [-0.1, -0.05) is 17.7 Å². The Kier molecular flexibility index (Phi) is 3.18. The average Bonchev–Trinajstić information content (AvgIpc) is 2.48. The Balaban J connectivity index is 1.74. The van der Waals surface area contributed by atoms with Crippen molar-refractivity contribution in [3.63, 3.8) is 0 Å². The lowest BCUT2D eigenvalue weighted by Gasteiger charge is -2.43. The van der Waals surface area contributed by atoms with E-state index in [-0.39, 0.29) is 11.5 Å². The highest BCUT2D eigenvalue weighted by atomic mass is 35.5. The summed E-state index contributed by atoms with van der Waals surface area (Å²) in [5, 5.41) is 0.338. The third kappa shape index (κ3) is 2.11. The molecule has 0 amide bonds. The maximum atomic E-state index is 14.1. The van der Waals surface area contributed by atoms with Gasteiger partial charge in [-0.15, -0.1) is 0 Å². The number of anilines is 1. The van der Waals surface area contributed by atoms with Gasteiger partial charge < -0.3 is 9.47 Å². The van der Waals surface area contributed by atoms with Gasteiger partial charge in [0.2, 0.25) is 0 Å². The molecule has 114 valence electrons. The topological polar surface area (TPSA) is 38.1 Å². The van der Waals surface area contributed by atoms with Gasteiger partial charge in [0.05, 0.1) is 16.9 Å². The van der Waals surface area contributed by atoms with Gasteiger partial charge in [-0.2, -0.15) is 0 Å². The number of pyridine rings is 2. The van der Waals surface area contributed by atoms with Crippen LogP contribution in [0, 0.1) is 11.7 Å². The van der Waals surface area contributed by atoms with Crippen LogP contribution in [0.1, 0.15) is 18.0 Å². The van der Waals surface area contributed by atoms with E-state index in [4.69, 9.17) is 11.6 Å². The molecular weight excluding hydrogens is 305 g/mol. The largest absolute Gasteiger partial charge is 0.367 e. The van der Waals surface area contributed by atoms with Crippen molar-refractivity contribution in [3.8, 4) is 0 Å². The molecule has 2 aromatic rings. The molecule has 0 spiro atoms. The second-order valence-corrected chi connectivity index (χ2v) is 6.46. The summed E-state index contributed by atoms with van der Waals surface area (Å²) in [7, 11) is 0. The number of hydrogen-bond donors (Lipinski definition) is 0. The minimum atomic E-state index is -0.391. The standard InChI is InChI=1S/C16H15ClFN3O/c17-12-5-19-6-13(18)16(12)20-7-10-4-11(9-20)14-2-1-3-15(22)21(14)8-10/h1-3,5-6,10-11H,4,7-9H2/t10-,11+/m0/s1. The van der Waals surface area contributed by atoms with Gasteiger partial charge in [-0.05, 0) is 18.4 Å². The Morgan fingerprint density at radius 1 is 1.23 bits per heavy atom. The highest BCUT2D eigenvalue weighted by molar-refractivity contribution is 6.33. The van der Waals surface area contributed by atoms with Crippen LogP contribution in [0.5, 0.6) is 0 Å². The van der Waals surface area contributed by atoms with Gasteiger partial charge in [0.1, 0.15) is 0 Å². The fourth-order valence-electron chi connectivity index (χ4n) is 3.79. The Bertz CT molecular complexity index is 771. The van der Waals surface area contributed by atoms with Crippen LogP contribution in [0.3, 0.4) is 0 Å². The molecule has 2 aliphatic rings. The van der Waals surface area contributed by atoms with E-state index in [0.717, 1.165) is 12.1 Å². The van der Waals surface area contributed by atoms with Crippen LogP contribution in [-0.4, -0.2) is 22.6 Å².